The summed E-state index contributed by atoms with van der Waals surface area (Å²) < 4.78 is 7.14. The molecule has 10 heteroatoms. The number of carbonyl (C=O) groups is 1. The van der Waals surface area contributed by atoms with E-state index >= 15 is 0 Å². The van der Waals surface area contributed by atoms with Gasteiger partial charge in [-0.05, 0) is 12.1 Å². The van der Waals surface area contributed by atoms with E-state index in [0.717, 1.165) is 29.7 Å². The number of rotatable bonds is 4. The fourth-order valence-electron chi connectivity index (χ4n) is 3.37. The van der Waals surface area contributed by atoms with Crippen molar-refractivity contribution in [3.05, 3.63) is 50.8 Å². The normalized spacial score (nSPS) is 14.4. The number of hydrogen-bond donors (Lipinski definition) is 3. The van der Waals surface area contributed by atoms with Gasteiger partial charge in [0, 0.05) is 31.9 Å². The highest BCUT2D eigenvalue weighted by Crippen LogP contribution is 2.33. The number of carbonyl (C=O) groups excluding carboxylic acids is 1. The van der Waals surface area contributed by atoms with Crippen LogP contribution in [0.1, 0.15) is 5.56 Å². The smallest absolute Gasteiger partial charge is 0.325 e. The first-order valence-electron chi connectivity index (χ1n) is 8.92. The van der Waals surface area contributed by atoms with Crippen LogP contribution in [0.3, 0.4) is 0 Å². The molecule has 28 heavy (non-hydrogen) atoms. The molecule has 1 aromatic carbocycles. The molecule has 0 atom stereocenters. The number of morpholine rings is 1. The molecule has 10 nitrogen and oxygen atoms in total. The van der Waals surface area contributed by atoms with E-state index in [-0.39, 0.29) is 12.0 Å². The average Bonchev–Trinajstić information content (AvgIpc) is 3.00. The Balaban J connectivity index is 1.65. The molecule has 2 aromatic heterocycles. The van der Waals surface area contributed by atoms with E-state index in [1.54, 1.807) is 4.68 Å². The molecule has 3 N–H and O–H groups in total. The standard InChI is InChI=1S/C18H20N6O4/c1-23-12-3-2-4-13(24-5-7-28-8-6-24)15(12)16(22-23)20-14(25)9-11-10-19-18(27)21-17(11)26/h2-4,10H,5-9H2,1H3,(H,20,22,25)(H2,19,21,26,27). The van der Waals surface area contributed by atoms with Crippen LogP contribution in [-0.4, -0.2) is 52.0 Å². The predicted molar refractivity (Wildman–Crippen MR) is 104 cm³/mol. The van der Waals surface area contributed by atoms with Crippen LogP contribution in [0.2, 0.25) is 0 Å². The molecule has 3 heterocycles. The number of benzene rings is 1. The summed E-state index contributed by atoms with van der Waals surface area (Å²) in [7, 11) is 1.81. The lowest BCUT2D eigenvalue weighted by Gasteiger charge is -2.29. The second-order valence-corrected chi connectivity index (χ2v) is 6.57. The molecular weight excluding hydrogens is 364 g/mol. The van der Waals surface area contributed by atoms with Crippen LogP contribution in [0.5, 0.6) is 0 Å². The Morgan fingerprint density at radius 2 is 2.07 bits per heavy atom. The molecule has 1 fully saturated rings. The van der Waals surface area contributed by atoms with Crippen molar-refractivity contribution < 1.29 is 9.53 Å². The third kappa shape index (κ3) is 3.41. The first kappa shape index (κ1) is 18.0. The molecule has 0 unspecified atom stereocenters. The van der Waals surface area contributed by atoms with Gasteiger partial charge in [-0.15, -0.1) is 0 Å². The number of nitrogens with one attached hydrogen (secondary N) is 3. The summed E-state index contributed by atoms with van der Waals surface area (Å²) in [5, 5.41) is 8.09. The van der Waals surface area contributed by atoms with Gasteiger partial charge in [0.15, 0.2) is 5.82 Å². The van der Waals surface area contributed by atoms with Crippen molar-refractivity contribution in [3.8, 4) is 0 Å². The van der Waals surface area contributed by atoms with Crippen molar-refractivity contribution in [2.24, 2.45) is 7.05 Å². The lowest BCUT2D eigenvalue weighted by molar-refractivity contribution is -0.115. The van der Waals surface area contributed by atoms with E-state index < -0.39 is 17.2 Å². The Hall–Kier alpha value is -3.40. The number of fused-ring (bicyclic) bond motifs is 1. The van der Waals surface area contributed by atoms with Crippen LogP contribution in [0.25, 0.3) is 10.9 Å². The largest absolute Gasteiger partial charge is 0.378 e. The van der Waals surface area contributed by atoms with Crippen LogP contribution >= 0.6 is 0 Å². The van der Waals surface area contributed by atoms with Crippen LogP contribution in [-0.2, 0) is 23.0 Å². The zero-order valence-electron chi connectivity index (χ0n) is 15.3. The maximum atomic E-state index is 12.5. The summed E-state index contributed by atoms with van der Waals surface area (Å²) in [6, 6.07) is 5.90. The van der Waals surface area contributed by atoms with Crippen molar-refractivity contribution in [2.75, 3.05) is 36.5 Å². The predicted octanol–water partition coefficient (Wildman–Crippen LogP) is -0.0323. The molecule has 0 radical (unpaired) electrons. The average molecular weight is 384 g/mol. The van der Waals surface area contributed by atoms with Gasteiger partial charge in [0.05, 0.1) is 36.2 Å². The SMILES string of the molecule is Cn1nc(NC(=O)Cc2c[nH]c(=O)[nH]c2=O)c2c(N3CCOCC3)cccc21. The molecule has 3 aromatic rings. The second-order valence-electron chi connectivity index (χ2n) is 6.57. The second kappa shape index (κ2) is 7.31. The summed E-state index contributed by atoms with van der Waals surface area (Å²) in [5.41, 5.74) is 0.844. The zero-order valence-corrected chi connectivity index (χ0v) is 15.3. The maximum absolute atomic E-state index is 12.5. The van der Waals surface area contributed by atoms with Crippen LogP contribution in [0.4, 0.5) is 11.5 Å². The van der Waals surface area contributed by atoms with Gasteiger partial charge in [0.1, 0.15) is 0 Å². The van der Waals surface area contributed by atoms with E-state index in [1.165, 1.54) is 6.20 Å². The van der Waals surface area contributed by atoms with E-state index in [2.05, 4.69) is 25.3 Å². The first-order chi connectivity index (χ1) is 13.5. The van der Waals surface area contributed by atoms with E-state index in [9.17, 15) is 14.4 Å². The van der Waals surface area contributed by atoms with Crippen molar-refractivity contribution in [3.63, 3.8) is 0 Å². The molecule has 1 amide bonds. The van der Waals surface area contributed by atoms with Crippen LogP contribution in [0.15, 0.2) is 34.0 Å². The number of H-pyrrole nitrogens is 2. The molecule has 1 aliphatic heterocycles. The summed E-state index contributed by atoms with van der Waals surface area (Å²) in [6.07, 6.45) is 1.07. The van der Waals surface area contributed by atoms with Crippen LogP contribution in [0, 0.1) is 0 Å². The van der Waals surface area contributed by atoms with Gasteiger partial charge in [-0.2, -0.15) is 5.10 Å². The molecule has 146 valence electrons. The maximum Gasteiger partial charge on any atom is 0.325 e. The number of anilines is 2. The highest BCUT2D eigenvalue weighted by atomic mass is 16.5. The Labute approximate surface area is 159 Å². The summed E-state index contributed by atoms with van der Waals surface area (Å²) in [4.78, 5) is 42.1. The van der Waals surface area contributed by atoms with E-state index in [1.807, 2.05) is 25.2 Å². The lowest BCUT2D eigenvalue weighted by atomic mass is 10.1. The van der Waals surface area contributed by atoms with Gasteiger partial charge in [-0.1, -0.05) is 6.07 Å². The number of nitrogens with zero attached hydrogens (tertiary/aromatic N) is 3. The molecule has 1 saturated heterocycles. The summed E-state index contributed by atoms with van der Waals surface area (Å²) >= 11 is 0. The van der Waals surface area contributed by atoms with Gasteiger partial charge in [0.25, 0.3) is 5.56 Å². The number of aryl methyl sites for hydroxylation is 1. The molecule has 0 aliphatic carbocycles. The zero-order chi connectivity index (χ0) is 19.7. The Morgan fingerprint density at radius 1 is 1.29 bits per heavy atom. The topological polar surface area (TPSA) is 125 Å². The molecule has 0 spiro atoms. The third-order valence-corrected chi connectivity index (χ3v) is 4.71. The van der Waals surface area contributed by atoms with Crippen molar-refractivity contribution in [1.29, 1.82) is 0 Å². The number of amides is 1. The highest BCUT2D eigenvalue weighted by molar-refractivity contribution is 6.06. The molecule has 0 saturated carbocycles. The summed E-state index contributed by atoms with van der Waals surface area (Å²) in [6.45, 7) is 2.81. The fraction of sp³-hybridized carbons (Fsp3) is 0.333. The summed E-state index contributed by atoms with van der Waals surface area (Å²) in [5.74, 6) is 0.0415. The Bertz CT molecular complexity index is 1140. The number of hydrogen-bond acceptors (Lipinski definition) is 6. The number of ether oxygens (including phenoxy) is 1. The molecule has 4 rings (SSSR count). The molecular formula is C18H20N6O4. The number of aromatic nitrogens is 4. The van der Waals surface area contributed by atoms with Crippen molar-refractivity contribution >= 4 is 28.3 Å². The fourth-order valence-corrected chi connectivity index (χ4v) is 3.37. The monoisotopic (exact) mass is 384 g/mol. The van der Waals surface area contributed by atoms with Gasteiger partial charge >= 0.3 is 5.69 Å². The lowest BCUT2D eigenvalue weighted by Crippen LogP contribution is -2.36. The minimum atomic E-state index is -0.611. The van der Waals surface area contributed by atoms with Crippen molar-refractivity contribution in [1.82, 2.24) is 19.7 Å². The van der Waals surface area contributed by atoms with Gasteiger partial charge in [-0.25, -0.2) is 4.79 Å². The van der Waals surface area contributed by atoms with E-state index in [4.69, 9.17) is 4.74 Å². The Kier molecular flexibility index (Phi) is 4.70. The highest BCUT2D eigenvalue weighted by Gasteiger charge is 2.20. The Morgan fingerprint density at radius 3 is 2.82 bits per heavy atom. The number of aromatic amines is 2. The first-order valence-corrected chi connectivity index (χ1v) is 8.92. The third-order valence-electron chi connectivity index (χ3n) is 4.71. The van der Waals surface area contributed by atoms with Gasteiger partial charge < -0.3 is 19.9 Å². The quantitative estimate of drug-likeness (QED) is 0.580. The molecule has 0 bridgehead atoms. The minimum absolute atomic E-state index is 0.172. The van der Waals surface area contributed by atoms with Gasteiger partial charge in [-0.3, -0.25) is 19.3 Å². The molecule has 1 aliphatic rings. The van der Waals surface area contributed by atoms with Crippen molar-refractivity contribution in [2.45, 2.75) is 6.42 Å². The van der Waals surface area contributed by atoms with Gasteiger partial charge in [0.2, 0.25) is 5.91 Å². The minimum Gasteiger partial charge on any atom is -0.378 e. The van der Waals surface area contributed by atoms with Crippen LogP contribution < -0.4 is 21.5 Å². The van der Waals surface area contributed by atoms with E-state index in [0.29, 0.717) is 19.0 Å².